The minimum atomic E-state index is 0.0696. The van der Waals surface area contributed by atoms with Crippen molar-refractivity contribution in [1.29, 1.82) is 0 Å². The number of anilines is 2. The van der Waals surface area contributed by atoms with Gasteiger partial charge in [-0.2, -0.15) is 0 Å². The molecule has 5 nitrogen and oxygen atoms in total. The van der Waals surface area contributed by atoms with Gasteiger partial charge in [0, 0.05) is 24.7 Å². The summed E-state index contributed by atoms with van der Waals surface area (Å²) in [5.74, 6) is 1.32. The fraction of sp³-hybridized carbons (Fsp3) is 0.316. The molecule has 0 saturated carbocycles. The lowest BCUT2D eigenvalue weighted by molar-refractivity contribution is -0.118. The minimum absolute atomic E-state index is 0.0696. The summed E-state index contributed by atoms with van der Waals surface area (Å²) < 4.78 is 10.6. The molecule has 0 radical (unpaired) electrons. The van der Waals surface area contributed by atoms with E-state index in [-0.39, 0.29) is 5.91 Å². The van der Waals surface area contributed by atoms with Crippen LogP contribution >= 0.6 is 0 Å². The third kappa shape index (κ3) is 3.98. The Labute approximate surface area is 143 Å². The molecule has 2 aromatic carbocycles. The zero-order chi connectivity index (χ0) is 17.5. The van der Waals surface area contributed by atoms with Crippen LogP contribution in [0.3, 0.4) is 0 Å². The molecule has 2 rings (SSSR count). The molecule has 2 aromatic rings. The zero-order valence-electron chi connectivity index (χ0n) is 14.4. The highest BCUT2D eigenvalue weighted by atomic mass is 16.5. The molecule has 2 N–H and O–H groups in total. The van der Waals surface area contributed by atoms with Crippen molar-refractivity contribution in [3.63, 3.8) is 0 Å². The number of hydrogen-bond donors (Lipinski definition) is 1. The molecule has 0 atom stereocenters. The van der Waals surface area contributed by atoms with E-state index >= 15 is 0 Å². The SMILES string of the molecule is CCN(C(=O)CCc1cc(N)c(OC)cc1OC)c1ccccc1. The number of amides is 1. The van der Waals surface area contributed by atoms with Gasteiger partial charge in [-0.15, -0.1) is 0 Å². The van der Waals surface area contributed by atoms with Gasteiger partial charge in [-0.25, -0.2) is 0 Å². The summed E-state index contributed by atoms with van der Waals surface area (Å²) in [4.78, 5) is 14.4. The number of aryl methyl sites for hydroxylation is 1. The first kappa shape index (κ1) is 17.7. The Morgan fingerprint density at radius 3 is 2.33 bits per heavy atom. The van der Waals surface area contributed by atoms with Crippen LogP contribution in [0.15, 0.2) is 42.5 Å². The lowest BCUT2D eigenvalue weighted by atomic mass is 10.1. The fourth-order valence-corrected chi connectivity index (χ4v) is 2.67. The van der Waals surface area contributed by atoms with Crippen LogP contribution in [0.5, 0.6) is 11.5 Å². The van der Waals surface area contributed by atoms with E-state index in [0.29, 0.717) is 36.6 Å². The van der Waals surface area contributed by atoms with Crippen LogP contribution in [0.1, 0.15) is 18.9 Å². The second-order valence-corrected chi connectivity index (χ2v) is 5.38. The third-order valence-electron chi connectivity index (χ3n) is 3.93. The Morgan fingerprint density at radius 1 is 1.08 bits per heavy atom. The number of carbonyl (C=O) groups is 1. The lowest BCUT2D eigenvalue weighted by Gasteiger charge is -2.21. The molecule has 128 valence electrons. The highest BCUT2D eigenvalue weighted by molar-refractivity contribution is 5.93. The highest BCUT2D eigenvalue weighted by Gasteiger charge is 2.16. The number of benzene rings is 2. The average Bonchev–Trinajstić information content (AvgIpc) is 2.61. The summed E-state index contributed by atoms with van der Waals surface area (Å²) in [5, 5.41) is 0. The molecule has 0 unspecified atom stereocenters. The first-order valence-corrected chi connectivity index (χ1v) is 7.96. The van der Waals surface area contributed by atoms with E-state index in [1.54, 1.807) is 25.2 Å². The second-order valence-electron chi connectivity index (χ2n) is 5.38. The third-order valence-corrected chi connectivity index (χ3v) is 3.93. The van der Waals surface area contributed by atoms with Crippen molar-refractivity contribution in [3.8, 4) is 11.5 Å². The zero-order valence-corrected chi connectivity index (χ0v) is 14.4. The van der Waals surface area contributed by atoms with Gasteiger partial charge in [-0.1, -0.05) is 18.2 Å². The number of nitrogens with zero attached hydrogens (tertiary/aromatic N) is 1. The Hall–Kier alpha value is -2.69. The van der Waals surface area contributed by atoms with E-state index in [4.69, 9.17) is 15.2 Å². The summed E-state index contributed by atoms with van der Waals surface area (Å²) in [6.45, 7) is 2.60. The molecule has 0 fully saturated rings. The van der Waals surface area contributed by atoms with Crippen molar-refractivity contribution in [2.24, 2.45) is 0 Å². The van der Waals surface area contributed by atoms with Crippen molar-refractivity contribution in [2.75, 3.05) is 31.4 Å². The van der Waals surface area contributed by atoms with E-state index in [1.807, 2.05) is 43.3 Å². The number of hydrogen-bond acceptors (Lipinski definition) is 4. The summed E-state index contributed by atoms with van der Waals surface area (Å²) in [6, 6.07) is 13.2. The predicted octanol–water partition coefficient (Wildman–Crippen LogP) is 3.27. The second kappa shape index (κ2) is 8.24. The topological polar surface area (TPSA) is 64.8 Å². The van der Waals surface area contributed by atoms with Gasteiger partial charge < -0.3 is 20.1 Å². The highest BCUT2D eigenvalue weighted by Crippen LogP contribution is 2.31. The average molecular weight is 328 g/mol. The molecule has 0 aliphatic rings. The minimum Gasteiger partial charge on any atom is -0.496 e. The number of nitrogen functional groups attached to an aromatic ring is 1. The maximum atomic E-state index is 12.6. The molecule has 0 saturated heterocycles. The van der Waals surface area contributed by atoms with Gasteiger partial charge in [0.1, 0.15) is 11.5 Å². The molecule has 0 bridgehead atoms. The first-order valence-electron chi connectivity index (χ1n) is 7.96. The van der Waals surface area contributed by atoms with Gasteiger partial charge in [-0.3, -0.25) is 4.79 Å². The van der Waals surface area contributed by atoms with Crippen molar-refractivity contribution in [2.45, 2.75) is 19.8 Å². The molecule has 0 spiro atoms. The molecule has 0 aliphatic heterocycles. The molecule has 24 heavy (non-hydrogen) atoms. The number of carbonyl (C=O) groups excluding carboxylic acids is 1. The number of rotatable bonds is 7. The van der Waals surface area contributed by atoms with Crippen LogP contribution in [0.4, 0.5) is 11.4 Å². The summed E-state index contributed by atoms with van der Waals surface area (Å²) in [5.41, 5.74) is 8.31. The van der Waals surface area contributed by atoms with E-state index in [0.717, 1.165) is 11.3 Å². The van der Waals surface area contributed by atoms with Crippen LogP contribution < -0.4 is 20.1 Å². The molecule has 1 amide bonds. The van der Waals surface area contributed by atoms with Crippen LogP contribution in [0, 0.1) is 0 Å². The van der Waals surface area contributed by atoms with E-state index in [2.05, 4.69) is 0 Å². The Bertz CT molecular complexity index is 687. The monoisotopic (exact) mass is 328 g/mol. The Balaban J connectivity index is 2.12. The normalized spacial score (nSPS) is 10.3. The van der Waals surface area contributed by atoms with Crippen LogP contribution in [0.25, 0.3) is 0 Å². The molecular weight excluding hydrogens is 304 g/mol. The van der Waals surface area contributed by atoms with Crippen molar-refractivity contribution < 1.29 is 14.3 Å². The molecule has 5 heteroatoms. The Morgan fingerprint density at radius 2 is 1.75 bits per heavy atom. The van der Waals surface area contributed by atoms with Gasteiger partial charge in [0.25, 0.3) is 0 Å². The van der Waals surface area contributed by atoms with Gasteiger partial charge in [0.05, 0.1) is 19.9 Å². The molecule has 0 aliphatic carbocycles. The van der Waals surface area contributed by atoms with Gasteiger partial charge in [-0.05, 0) is 37.1 Å². The lowest BCUT2D eigenvalue weighted by Crippen LogP contribution is -2.30. The molecule has 0 heterocycles. The van der Waals surface area contributed by atoms with E-state index in [1.165, 1.54) is 0 Å². The van der Waals surface area contributed by atoms with Crippen molar-refractivity contribution >= 4 is 17.3 Å². The van der Waals surface area contributed by atoms with Crippen LogP contribution in [0.2, 0.25) is 0 Å². The summed E-state index contributed by atoms with van der Waals surface area (Å²) in [7, 11) is 3.16. The fourth-order valence-electron chi connectivity index (χ4n) is 2.67. The Kier molecular flexibility index (Phi) is 6.07. The van der Waals surface area contributed by atoms with Gasteiger partial charge >= 0.3 is 0 Å². The predicted molar refractivity (Wildman–Crippen MR) is 96.7 cm³/mol. The number of para-hydroxylation sites is 1. The van der Waals surface area contributed by atoms with Gasteiger partial charge in [0.2, 0.25) is 5.91 Å². The van der Waals surface area contributed by atoms with Crippen molar-refractivity contribution in [1.82, 2.24) is 0 Å². The summed E-state index contributed by atoms with van der Waals surface area (Å²) >= 11 is 0. The summed E-state index contributed by atoms with van der Waals surface area (Å²) in [6.07, 6.45) is 0.935. The van der Waals surface area contributed by atoms with E-state index < -0.39 is 0 Å². The maximum Gasteiger partial charge on any atom is 0.227 e. The molecular formula is C19H24N2O3. The van der Waals surface area contributed by atoms with Crippen molar-refractivity contribution in [3.05, 3.63) is 48.0 Å². The number of methoxy groups -OCH3 is 2. The van der Waals surface area contributed by atoms with Gasteiger partial charge in [0.15, 0.2) is 0 Å². The van der Waals surface area contributed by atoms with E-state index in [9.17, 15) is 4.79 Å². The first-order chi connectivity index (χ1) is 11.6. The quantitative estimate of drug-likeness (QED) is 0.792. The number of nitrogens with two attached hydrogens (primary N) is 1. The smallest absolute Gasteiger partial charge is 0.227 e. The maximum absolute atomic E-state index is 12.6. The largest absolute Gasteiger partial charge is 0.496 e. The standard InChI is InChI=1S/C19H24N2O3/c1-4-21(15-8-6-5-7-9-15)19(22)11-10-14-12-16(20)18(24-3)13-17(14)23-2/h5-9,12-13H,4,10-11,20H2,1-3H3. The number of ether oxygens (including phenoxy) is 2. The molecule has 0 aromatic heterocycles. The van der Waals surface area contributed by atoms with Crippen LogP contribution in [-0.2, 0) is 11.2 Å². The van der Waals surface area contributed by atoms with Crippen LogP contribution in [-0.4, -0.2) is 26.7 Å².